The molecule has 0 bridgehead atoms. The van der Waals surface area contributed by atoms with Crippen molar-refractivity contribution < 1.29 is 18.3 Å². The van der Waals surface area contributed by atoms with Gasteiger partial charge < -0.3 is 5.11 Å². The van der Waals surface area contributed by atoms with Gasteiger partial charge in [-0.2, -0.15) is 9.40 Å². The normalized spacial score (nSPS) is 19.1. The third kappa shape index (κ3) is 2.22. The van der Waals surface area contributed by atoms with Gasteiger partial charge in [-0.3, -0.25) is 9.89 Å². The van der Waals surface area contributed by atoms with E-state index in [2.05, 4.69) is 10.2 Å². The molecule has 1 aliphatic heterocycles. The quantitative estimate of drug-likeness (QED) is 0.872. The van der Waals surface area contributed by atoms with Crippen molar-refractivity contribution in [3.05, 3.63) is 47.7 Å². The third-order valence-electron chi connectivity index (χ3n) is 3.53. The monoisotopic (exact) mass is 307 g/mol. The number of carboxylic acid groups (broad SMARTS) is 1. The number of rotatable bonds is 3. The molecule has 8 heteroatoms. The van der Waals surface area contributed by atoms with E-state index in [0.29, 0.717) is 12.0 Å². The summed E-state index contributed by atoms with van der Waals surface area (Å²) >= 11 is 0. The van der Waals surface area contributed by atoms with Crippen LogP contribution in [0.1, 0.15) is 17.2 Å². The predicted octanol–water partition coefficient (Wildman–Crippen LogP) is 0.782. The first-order valence-electron chi connectivity index (χ1n) is 6.33. The Morgan fingerprint density at radius 2 is 2.10 bits per heavy atom. The van der Waals surface area contributed by atoms with Crippen LogP contribution in [0.4, 0.5) is 0 Å². The zero-order valence-corrected chi connectivity index (χ0v) is 11.7. The fraction of sp³-hybridized carbons (Fsp3) is 0.231. The van der Waals surface area contributed by atoms with Crippen LogP contribution in [0.25, 0.3) is 0 Å². The Labute approximate surface area is 121 Å². The standard InChI is InChI=1S/C13H13N3O4S/c17-13(18)12-10-4-2-1-3-9(10)6-8-16(12)21(19,20)11-5-7-14-15-11/h1-5,7,12H,6,8H2,(H,14,15)(H,17,18). The molecule has 2 N–H and O–H groups in total. The van der Waals surface area contributed by atoms with E-state index in [9.17, 15) is 18.3 Å². The first-order chi connectivity index (χ1) is 10.0. The molecule has 3 rings (SSSR count). The van der Waals surface area contributed by atoms with Crippen molar-refractivity contribution in [3.63, 3.8) is 0 Å². The highest BCUT2D eigenvalue weighted by Crippen LogP contribution is 2.33. The number of nitrogens with one attached hydrogen (secondary N) is 1. The second-order valence-electron chi connectivity index (χ2n) is 4.73. The lowest BCUT2D eigenvalue weighted by Crippen LogP contribution is -2.43. The number of aromatic nitrogens is 2. The van der Waals surface area contributed by atoms with Crippen LogP contribution in [-0.2, 0) is 21.2 Å². The average molecular weight is 307 g/mol. The Morgan fingerprint density at radius 3 is 2.76 bits per heavy atom. The maximum absolute atomic E-state index is 12.6. The van der Waals surface area contributed by atoms with Crippen LogP contribution in [0, 0.1) is 0 Å². The van der Waals surface area contributed by atoms with Gasteiger partial charge in [0.2, 0.25) is 0 Å². The van der Waals surface area contributed by atoms with E-state index in [1.807, 2.05) is 12.1 Å². The average Bonchev–Trinajstić information content (AvgIpc) is 3.00. The summed E-state index contributed by atoms with van der Waals surface area (Å²) in [7, 11) is -3.92. The zero-order chi connectivity index (χ0) is 15.0. The molecule has 0 aliphatic carbocycles. The van der Waals surface area contributed by atoms with E-state index in [1.54, 1.807) is 12.1 Å². The maximum Gasteiger partial charge on any atom is 0.326 e. The number of carbonyl (C=O) groups is 1. The molecule has 1 aromatic heterocycles. The number of sulfonamides is 1. The summed E-state index contributed by atoms with van der Waals surface area (Å²) in [6.07, 6.45) is 1.80. The molecule has 1 atom stereocenters. The lowest BCUT2D eigenvalue weighted by atomic mass is 9.94. The van der Waals surface area contributed by atoms with Gasteiger partial charge in [-0.05, 0) is 23.6 Å². The SMILES string of the molecule is O=C(O)C1c2ccccc2CCN1S(=O)(=O)c1ccn[nH]1. The number of benzene rings is 1. The van der Waals surface area contributed by atoms with Crippen LogP contribution >= 0.6 is 0 Å². The van der Waals surface area contributed by atoms with Gasteiger partial charge in [-0.15, -0.1) is 0 Å². The van der Waals surface area contributed by atoms with E-state index in [0.717, 1.165) is 9.87 Å². The maximum atomic E-state index is 12.6. The van der Waals surface area contributed by atoms with Gasteiger partial charge in [0, 0.05) is 6.54 Å². The molecule has 1 aliphatic rings. The fourth-order valence-electron chi connectivity index (χ4n) is 2.57. The molecule has 21 heavy (non-hydrogen) atoms. The van der Waals surface area contributed by atoms with E-state index in [-0.39, 0.29) is 11.6 Å². The number of aromatic amines is 1. The predicted molar refractivity (Wildman–Crippen MR) is 73.0 cm³/mol. The molecule has 0 saturated heterocycles. The minimum Gasteiger partial charge on any atom is -0.480 e. The largest absolute Gasteiger partial charge is 0.480 e. The van der Waals surface area contributed by atoms with E-state index in [4.69, 9.17) is 0 Å². The van der Waals surface area contributed by atoms with Crippen molar-refractivity contribution >= 4 is 16.0 Å². The van der Waals surface area contributed by atoms with Crippen molar-refractivity contribution in [2.24, 2.45) is 0 Å². The second-order valence-corrected chi connectivity index (χ2v) is 6.59. The molecule has 0 fully saturated rings. The molecule has 2 aromatic rings. The summed E-state index contributed by atoms with van der Waals surface area (Å²) in [5, 5.41) is 15.4. The molecule has 0 saturated carbocycles. The lowest BCUT2D eigenvalue weighted by Gasteiger charge is -2.33. The fourth-order valence-corrected chi connectivity index (χ4v) is 4.04. The van der Waals surface area contributed by atoms with Gasteiger partial charge in [0.05, 0.1) is 6.20 Å². The van der Waals surface area contributed by atoms with Crippen molar-refractivity contribution in [2.45, 2.75) is 17.5 Å². The lowest BCUT2D eigenvalue weighted by molar-refractivity contribution is -0.142. The molecule has 2 heterocycles. The van der Waals surface area contributed by atoms with Crippen LogP contribution in [0.3, 0.4) is 0 Å². The summed E-state index contributed by atoms with van der Waals surface area (Å²) in [6.45, 7) is 0.120. The number of hydrogen-bond acceptors (Lipinski definition) is 4. The number of nitrogens with zero attached hydrogens (tertiary/aromatic N) is 2. The zero-order valence-electron chi connectivity index (χ0n) is 10.9. The topological polar surface area (TPSA) is 103 Å². The van der Waals surface area contributed by atoms with Gasteiger partial charge in [0.1, 0.15) is 6.04 Å². The minimum absolute atomic E-state index is 0.104. The number of H-pyrrole nitrogens is 1. The third-order valence-corrected chi connectivity index (χ3v) is 5.33. The van der Waals surface area contributed by atoms with Crippen molar-refractivity contribution in [1.82, 2.24) is 14.5 Å². The number of fused-ring (bicyclic) bond motifs is 1. The molecule has 110 valence electrons. The summed E-state index contributed by atoms with van der Waals surface area (Å²) < 4.78 is 26.1. The van der Waals surface area contributed by atoms with Gasteiger partial charge in [-0.1, -0.05) is 24.3 Å². The molecule has 7 nitrogen and oxygen atoms in total. The summed E-state index contributed by atoms with van der Waals surface area (Å²) in [5.41, 5.74) is 1.38. The summed E-state index contributed by atoms with van der Waals surface area (Å²) in [5.74, 6) is -1.19. The highest BCUT2D eigenvalue weighted by molar-refractivity contribution is 7.89. The first kappa shape index (κ1) is 13.8. The minimum atomic E-state index is -3.92. The Balaban J connectivity index is 2.10. The van der Waals surface area contributed by atoms with Gasteiger partial charge in [0.15, 0.2) is 5.03 Å². The van der Waals surface area contributed by atoms with E-state index in [1.165, 1.54) is 12.3 Å². The molecule has 0 spiro atoms. The Morgan fingerprint density at radius 1 is 1.33 bits per heavy atom. The van der Waals surface area contributed by atoms with Crippen LogP contribution in [0.2, 0.25) is 0 Å². The van der Waals surface area contributed by atoms with Crippen molar-refractivity contribution in [3.8, 4) is 0 Å². The molecular weight excluding hydrogens is 294 g/mol. The van der Waals surface area contributed by atoms with Crippen molar-refractivity contribution in [2.75, 3.05) is 6.54 Å². The van der Waals surface area contributed by atoms with Crippen molar-refractivity contribution in [1.29, 1.82) is 0 Å². The van der Waals surface area contributed by atoms with Crippen LogP contribution < -0.4 is 0 Å². The molecule has 0 radical (unpaired) electrons. The smallest absolute Gasteiger partial charge is 0.326 e. The molecule has 0 amide bonds. The van der Waals surface area contributed by atoms with E-state index >= 15 is 0 Å². The second kappa shape index (κ2) is 4.97. The first-order valence-corrected chi connectivity index (χ1v) is 7.77. The van der Waals surface area contributed by atoms with Gasteiger partial charge >= 0.3 is 5.97 Å². The molecular formula is C13H13N3O4S. The Bertz CT molecular complexity index is 770. The van der Waals surface area contributed by atoms with Crippen LogP contribution in [0.5, 0.6) is 0 Å². The number of hydrogen-bond donors (Lipinski definition) is 2. The van der Waals surface area contributed by atoms with E-state index < -0.39 is 22.0 Å². The number of aliphatic carboxylic acids is 1. The molecule has 1 aromatic carbocycles. The summed E-state index contributed by atoms with van der Waals surface area (Å²) in [4.78, 5) is 11.6. The Hall–Kier alpha value is -2.19. The Kier molecular flexibility index (Phi) is 3.26. The van der Waals surface area contributed by atoms with Crippen LogP contribution in [0.15, 0.2) is 41.6 Å². The van der Waals surface area contributed by atoms with Gasteiger partial charge in [0.25, 0.3) is 10.0 Å². The van der Waals surface area contributed by atoms with Crippen LogP contribution in [-0.4, -0.2) is 40.5 Å². The highest BCUT2D eigenvalue weighted by atomic mass is 32.2. The van der Waals surface area contributed by atoms with Gasteiger partial charge in [-0.25, -0.2) is 8.42 Å². The number of carboxylic acids is 1. The highest BCUT2D eigenvalue weighted by Gasteiger charge is 2.41. The summed E-state index contributed by atoms with van der Waals surface area (Å²) in [6, 6.07) is 7.10. The molecule has 1 unspecified atom stereocenters.